The number of halogens is 3. The fraction of sp³-hybridized carbons (Fsp3) is 0.435. The highest BCUT2D eigenvalue weighted by Crippen LogP contribution is 2.37. The van der Waals surface area contributed by atoms with Crippen LogP contribution in [-0.4, -0.2) is 55.6 Å². The summed E-state index contributed by atoms with van der Waals surface area (Å²) in [5.74, 6) is 1.98. The van der Waals surface area contributed by atoms with Crippen LogP contribution in [0.15, 0.2) is 30.5 Å². The summed E-state index contributed by atoms with van der Waals surface area (Å²) in [5.41, 5.74) is -0.135. The summed E-state index contributed by atoms with van der Waals surface area (Å²) in [7, 11) is 3.18. The summed E-state index contributed by atoms with van der Waals surface area (Å²) in [4.78, 5) is 12.3. The predicted molar refractivity (Wildman–Crippen MR) is 118 cm³/mol. The van der Waals surface area contributed by atoms with E-state index in [-0.39, 0.29) is 12.0 Å². The number of methoxy groups -OCH3 is 2. The molecule has 1 aliphatic rings. The van der Waals surface area contributed by atoms with Crippen LogP contribution < -0.4 is 14.8 Å². The zero-order valence-corrected chi connectivity index (χ0v) is 19.0. The third-order valence-corrected chi connectivity index (χ3v) is 5.47. The van der Waals surface area contributed by atoms with Crippen molar-refractivity contribution in [3.63, 3.8) is 0 Å². The molecule has 1 N–H and O–H groups in total. The van der Waals surface area contributed by atoms with Crippen molar-refractivity contribution in [2.45, 2.75) is 19.6 Å². The smallest absolute Gasteiger partial charge is 0.433 e. The van der Waals surface area contributed by atoms with Gasteiger partial charge >= 0.3 is 6.18 Å². The van der Waals surface area contributed by atoms with E-state index in [4.69, 9.17) is 18.9 Å². The molecule has 4 rings (SSSR count). The first kappa shape index (κ1) is 24.0. The molecule has 0 radical (unpaired) electrons. The molecular formula is C23H25F3N4O4. The van der Waals surface area contributed by atoms with E-state index in [1.165, 1.54) is 6.07 Å². The molecule has 0 aliphatic carbocycles. The minimum atomic E-state index is -4.51. The van der Waals surface area contributed by atoms with Gasteiger partial charge in [0.1, 0.15) is 23.9 Å². The third kappa shape index (κ3) is 5.15. The number of aryl methyl sites for hydroxylation is 1. The van der Waals surface area contributed by atoms with Crippen LogP contribution in [0.25, 0.3) is 10.9 Å². The molecule has 3 heterocycles. The van der Waals surface area contributed by atoms with Crippen LogP contribution in [0.2, 0.25) is 0 Å². The van der Waals surface area contributed by atoms with Crippen LogP contribution >= 0.6 is 0 Å². The molecular weight excluding hydrogens is 453 g/mol. The molecule has 3 aromatic rings. The minimum absolute atomic E-state index is 0.119. The van der Waals surface area contributed by atoms with E-state index in [0.717, 1.165) is 12.3 Å². The van der Waals surface area contributed by atoms with Gasteiger partial charge in [0.05, 0.1) is 37.9 Å². The summed E-state index contributed by atoms with van der Waals surface area (Å²) in [5, 5.41) is 3.77. The lowest BCUT2D eigenvalue weighted by Crippen LogP contribution is -2.50. The molecule has 1 aliphatic heterocycles. The largest absolute Gasteiger partial charge is 0.493 e. The molecule has 0 bridgehead atoms. The first-order valence-corrected chi connectivity index (χ1v) is 10.5. The number of alkyl halides is 3. The van der Waals surface area contributed by atoms with Gasteiger partial charge in [-0.25, -0.2) is 9.97 Å². The summed E-state index contributed by atoms with van der Waals surface area (Å²) in [6, 6.07) is 6.05. The number of fused-ring (bicyclic) bond motifs is 1. The number of pyridine rings is 1. The van der Waals surface area contributed by atoms with Crippen molar-refractivity contribution in [1.29, 1.82) is 0 Å². The maximum Gasteiger partial charge on any atom is 0.433 e. The molecule has 8 nitrogen and oxygen atoms in total. The topological polar surface area (TPSA) is 87.6 Å². The van der Waals surface area contributed by atoms with Gasteiger partial charge in [-0.1, -0.05) is 0 Å². The maximum absolute atomic E-state index is 13.0. The highest BCUT2D eigenvalue weighted by atomic mass is 19.4. The van der Waals surface area contributed by atoms with Crippen LogP contribution in [-0.2, 0) is 22.2 Å². The Morgan fingerprint density at radius 1 is 1.09 bits per heavy atom. The van der Waals surface area contributed by atoms with Crippen molar-refractivity contribution < 1.29 is 32.1 Å². The predicted octanol–water partition coefficient (Wildman–Crippen LogP) is 4.01. The molecule has 2 aromatic heterocycles. The van der Waals surface area contributed by atoms with Gasteiger partial charge < -0.3 is 24.3 Å². The van der Waals surface area contributed by atoms with Crippen molar-refractivity contribution in [2.24, 2.45) is 5.41 Å². The Hall–Kier alpha value is -3.18. The van der Waals surface area contributed by atoms with Gasteiger partial charge in [0, 0.05) is 31.3 Å². The zero-order chi connectivity index (χ0) is 24.3. The molecule has 34 heavy (non-hydrogen) atoms. The molecule has 182 valence electrons. The molecule has 0 amide bonds. The van der Waals surface area contributed by atoms with E-state index < -0.39 is 11.9 Å². The average Bonchev–Trinajstić information content (AvgIpc) is 2.78. The Labute approximate surface area is 194 Å². The van der Waals surface area contributed by atoms with Crippen molar-refractivity contribution in [3.05, 3.63) is 47.5 Å². The SMILES string of the molecule is COCC1(COc2cc3c(NCc4ccnc(C(F)(F)F)c4)nc(C)nc3cc2OC)COC1. The van der Waals surface area contributed by atoms with Gasteiger partial charge in [-0.15, -0.1) is 0 Å². The Bertz CT molecular complexity index is 1170. The van der Waals surface area contributed by atoms with Gasteiger partial charge in [-0.05, 0) is 30.7 Å². The Morgan fingerprint density at radius 3 is 2.53 bits per heavy atom. The van der Waals surface area contributed by atoms with Gasteiger partial charge in [0.2, 0.25) is 0 Å². The lowest BCUT2D eigenvalue weighted by molar-refractivity contribution is -0.159. The number of aromatic nitrogens is 3. The van der Waals surface area contributed by atoms with Crippen LogP contribution in [0.3, 0.4) is 0 Å². The summed E-state index contributed by atoms with van der Waals surface area (Å²) in [6.07, 6.45) is -3.37. The van der Waals surface area contributed by atoms with Gasteiger partial charge in [-0.2, -0.15) is 13.2 Å². The van der Waals surface area contributed by atoms with Gasteiger partial charge in [0.25, 0.3) is 0 Å². The molecule has 0 unspecified atom stereocenters. The Balaban J connectivity index is 1.61. The second-order valence-corrected chi connectivity index (χ2v) is 8.25. The number of nitrogens with zero attached hydrogens (tertiary/aromatic N) is 3. The van der Waals surface area contributed by atoms with Crippen molar-refractivity contribution in [1.82, 2.24) is 15.0 Å². The van der Waals surface area contributed by atoms with Crippen LogP contribution in [0.4, 0.5) is 19.0 Å². The normalized spacial score (nSPS) is 15.1. The summed E-state index contributed by atoms with van der Waals surface area (Å²) < 4.78 is 61.2. The molecule has 0 atom stereocenters. The average molecular weight is 478 g/mol. The van der Waals surface area contributed by atoms with Crippen LogP contribution in [0.1, 0.15) is 17.1 Å². The lowest BCUT2D eigenvalue weighted by atomic mass is 9.88. The maximum atomic E-state index is 13.0. The fourth-order valence-electron chi connectivity index (χ4n) is 3.72. The highest BCUT2D eigenvalue weighted by Gasteiger charge is 2.40. The monoisotopic (exact) mass is 478 g/mol. The molecule has 1 saturated heterocycles. The highest BCUT2D eigenvalue weighted by molar-refractivity contribution is 5.91. The van der Waals surface area contributed by atoms with Crippen LogP contribution in [0.5, 0.6) is 11.5 Å². The fourth-order valence-corrected chi connectivity index (χ4v) is 3.72. The number of hydrogen-bond donors (Lipinski definition) is 1. The van der Waals surface area contributed by atoms with E-state index in [2.05, 4.69) is 20.3 Å². The van der Waals surface area contributed by atoms with Gasteiger partial charge in [0.15, 0.2) is 11.5 Å². The minimum Gasteiger partial charge on any atom is -0.493 e. The zero-order valence-electron chi connectivity index (χ0n) is 19.0. The van der Waals surface area contributed by atoms with Gasteiger partial charge in [-0.3, -0.25) is 4.98 Å². The first-order valence-electron chi connectivity index (χ1n) is 10.5. The van der Waals surface area contributed by atoms with E-state index in [9.17, 15) is 13.2 Å². The van der Waals surface area contributed by atoms with Crippen molar-refractivity contribution in [2.75, 3.05) is 46.0 Å². The van der Waals surface area contributed by atoms with Crippen molar-refractivity contribution in [3.8, 4) is 11.5 Å². The molecule has 1 aromatic carbocycles. The molecule has 0 spiro atoms. The van der Waals surface area contributed by atoms with E-state index >= 15 is 0 Å². The Morgan fingerprint density at radius 2 is 1.88 bits per heavy atom. The number of hydrogen-bond acceptors (Lipinski definition) is 8. The van der Waals surface area contributed by atoms with E-state index in [1.807, 2.05) is 0 Å². The molecule has 11 heteroatoms. The quantitative estimate of drug-likeness (QED) is 0.494. The standard InChI is InChI=1S/C23H25F3N4O4/c1-14-29-17-8-18(32-3)19(34-13-22(10-31-2)11-33-12-22)7-16(17)21(30-14)28-9-15-4-5-27-20(6-15)23(24,25)26/h4-8H,9-13H2,1-3H3,(H,28,29,30). The number of rotatable bonds is 9. The summed E-state index contributed by atoms with van der Waals surface area (Å²) >= 11 is 0. The lowest BCUT2D eigenvalue weighted by Gasteiger charge is -2.40. The van der Waals surface area contributed by atoms with E-state index in [1.54, 1.807) is 33.3 Å². The second kappa shape index (κ2) is 9.59. The second-order valence-electron chi connectivity index (χ2n) is 8.25. The molecule has 0 saturated carbocycles. The number of ether oxygens (including phenoxy) is 4. The van der Waals surface area contributed by atoms with Crippen LogP contribution in [0, 0.1) is 12.3 Å². The number of nitrogens with one attached hydrogen (secondary N) is 1. The van der Waals surface area contributed by atoms with E-state index in [0.29, 0.717) is 66.0 Å². The number of anilines is 1. The Kier molecular flexibility index (Phi) is 6.76. The molecule has 1 fully saturated rings. The number of benzene rings is 1. The van der Waals surface area contributed by atoms with Crippen molar-refractivity contribution >= 4 is 16.7 Å². The summed E-state index contributed by atoms with van der Waals surface area (Å²) in [6.45, 7) is 3.81. The first-order chi connectivity index (χ1) is 16.2. The third-order valence-electron chi connectivity index (χ3n) is 5.47.